The molecule has 2 N–H and O–H groups in total. The third-order valence-electron chi connectivity index (χ3n) is 3.92. The van der Waals surface area contributed by atoms with Gasteiger partial charge in [0.25, 0.3) is 0 Å². The summed E-state index contributed by atoms with van der Waals surface area (Å²) < 4.78 is 10.8. The maximum atomic E-state index is 12.1. The zero-order valence-electron chi connectivity index (χ0n) is 14.7. The molecule has 1 aromatic heterocycles. The molecule has 6 heteroatoms. The second kappa shape index (κ2) is 7.74. The number of ether oxygens (including phenoxy) is 1. The predicted molar refractivity (Wildman–Crippen MR) is 98.3 cm³/mol. The summed E-state index contributed by atoms with van der Waals surface area (Å²) in [6, 6.07) is 12.6. The Morgan fingerprint density at radius 3 is 2.69 bits per heavy atom. The summed E-state index contributed by atoms with van der Waals surface area (Å²) in [4.78, 5) is 16.3. The molecular weight excluding hydrogens is 332 g/mol. The number of aryl methyl sites for hydroxylation is 2. The molecule has 0 fully saturated rings. The molecule has 0 bridgehead atoms. The summed E-state index contributed by atoms with van der Waals surface area (Å²) in [6.07, 6.45) is 2.21. The van der Waals surface area contributed by atoms with Crippen LogP contribution in [0.2, 0.25) is 0 Å². The maximum absolute atomic E-state index is 12.1. The molecule has 1 amide bonds. The summed E-state index contributed by atoms with van der Waals surface area (Å²) in [5.74, 6) is 1.73. The molecule has 0 spiro atoms. The van der Waals surface area contributed by atoms with Crippen molar-refractivity contribution >= 4 is 11.6 Å². The highest BCUT2D eigenvalue weighted by Gasteiger charge is 2.11. The van der Waals surface area contributed by atoms with Crippen molar-refractivity contribution in [1.29, 1.82) is 0 Å². The van der Waals surface area contributed by atoms with E-state index in [-0.39, 0.29) is 18.1 Å². The van der Waals surface area contributed by atoms with Crippen molar-refractivity contribution in [1.82, 2.24) is 4.98 Å². The van der Waals surface area contributed by atoms with Gasteiger partial charge in [-0.1, -0.05) is 6.07 Å². The van der Waals surface area contributed by atoms with E-state index in [0.29, 0.717) is 23.8 Å². The topological polar surface area (TPSA) is 84.6 Å². The van der Waals surface area contributed by atoms with Crippen LogP contribution in [0.5, 0.6) is 11.5 Å². The Balaban J connectivity index is 1.58. The first-order chi connectivity index (χ1) is 12.5. The first-order valence-electron chi connectivity index (χ1n) is 8.24. The Morgan fingerprint density at radius 2 is 2.00 bits per heavy atom. The van der Waals surface area contributed by atoms with Gasteiger partial charge in [-0.3, -0.25) is 4.79 Å². The maximum Gasteiger partial charge on any atom is 0.224 e. The Labute approximate surface area is 151 Å². The van der Waals surface area contributed by atoms with E-state index in [0.717, 1.165) is 16.9 Å². The fraction of sp³-hybridized carbons (Fsp3) is 0.200. The van der Waals surface area contributed by atoms with Crippen molar-refractivity contribution in [3.63, 3.8) is 0 Å². The monoisotopic (exact) mass is 352 g/mol. The number of hydrogen-bond acceptors (Lipinski definition) is 5. The van der Waals surface area contributed by atoms with Crippen molar-refractivity contribution in [3.8, 4) is 22.8 Å². The lowest BCUT2D eigenvalue weighted by Gasteiger charge is -2.07. The van der Waals surface area contributed by atoms with Crippen LogP contribution in [-0.4, -0.2) is 23.1 Å². The lowest BCUT2D eigenvalue weighted by molar-refractivity contribution is -0.116. The lowest BCUT2D eigenvalue weighted by atomic mass is 10.2. The molecule has 0 aliphatic rings. The van der Waals surface area contributed by atoms with E-state index in [9.17, 15) is 9.90 Å². The fourth-order valence-corrected chi connectivity index (χ4v) is 2.50. The minimum atomic E-state index is -0.214. The molecular formula is C20H20N2O4. The van der Waals surface area contributed by atoms with Gasteiger partial charge in [0.15, 0.2) is 11.7 Å². The van der Waals surface area contributed by atoms with Gasteiger partial charge >= 0.3 is 0 Å². The lowest BCUT2D eigenvalue weighted by Crippen LogP contribution is -2.12. The summed E-state index contributed by atoms with van der Waals surface area (Å²) in [5.41, 5.74) is 2.21. The minimum absolute atomic E-state index is 0.0521. The van der Waals surface area contributed by atoms with Gasteiger partial charge < -0.3 is 19.6 Å². The van der Waals surface area contributed by atoms with Gasteiger partial charge in [-0.2, -0.15) is 0 Å². The first-order valence-corrected chi connectivity index (χ1v) is 8.24. The van der Waals surface area contributed by atoms with Crippen molar-refractivity contribution in [2.24, 2.45) is 0 Å². The Bertz CT molecular complexity index is 900. The average Bonchev–Trinajstić information content (AvgIpc) is 3.11. The number of carbonyl (C=O) groups excluding carboxylic acids is 1. The SMILES string of the molecule is COc1ccc(-c2cnc(CCC(=O)Nc3ccc(C)cc3O)o2)cc1. The van der Waals surface area contributed by atoms with Crippen LogP contribution in [0.1, 0.15) is 17.9 Å². The third-order valence-corrected chi connectivity index (χ3v) is 3.92. The Morgan fingerprint density at radius 1 is 1.23 bits per heavy atom. The van der Waals surface area contributed by atoms with Gasteiger partial charge in [0.2, 0.25) is 5.91 Å². The number of hydrogen-bond donors (Lipinski definition) is 2. The van der Waals surface area contributed by atoms with E-state index in [1.165, 1.54) is 0 Å². The molecule has 0 saturated heterocycles. The van der Waals surface area contributed by atoms with E-state index in [4.69, 9.17) is 9.15 Å². The number of rotatable bonds is 6. The molecule has 0 aliphatic heterocycles. The van der Waals surface area contributed by atoms with Crippen LogP contribution in [0.3, 0.4) is 0 Å². The first kappa shape index (κ1) is 17.5. The van der Waals surface area contributed by atoms with Gasteiger partial charge in [0.1, 0.15) is 11.5 Å². The quantitative estimate of drug-likeness (QED) is 0.657. The zero-order chi connectivity index (χ0) is 18.5. The smallest absolute Gasteiger partial charge is 0.224 e. The molecule has 26 heavy (non-hydrogen) atoms. The second-order valence-corrected chi connectivity index (χ2v) is 5.92. The highest BCUT2D eigenvalue weighted by atomic mass is 16.5. The number of nitrogens with zero attached hydrogens (tertiary/aromatic N) is 1. The number of aromatic hydroxyl groups is 1. The second-order valence-electron chi connectivity index (χ2n) is 5.92. The molecule has 6 nitrogen and oxygen atoms in total. The van der Waals surface area contributed by atoms with Crippen molar-refractivity contribution in [2.45, 2.75) is 19.8 Å². The number of oxazole rings is 1. The fourth-order valence-electron chi connectivity index (χ4n) is 2.50. The average molecular weight is 352 g/mol. The molecule has 0 atom stereocenters. The molecule has 3 rings (SSSR count). The van der Waals surface area contributed by atoms with Gasteiger partial charge in [-0.05, 0) is 48.9 Å². The van der Waals surface area contributed by atoms with Crippen LogP contribution in [0.4, 0.5) is 5.69 Å². The van der Waals surface area contributed by atoms with Crippen LogP contribution >= 0.6 is 0 Å². The van der Waals surface area contributed by atoms with Crippen LogP contribution in [0, 0.1) is 6.92 Å². The summed E-state index contributed by atoms with van der Waals surface area (Å²) in [6.45, 7) is 1.87. The predicted octanol–water partition coefficient (Wildman–Crippen LogP) is 3.94. The van der Waals surface area contributed by atoms with Gasteiger partial charge in [0.05, 0.1) is 19.0 Å². The third kappa shape index (κ3) is 4.22. The molecule has 2 aromatic carbocycles. The van der Waals surface area contributed by atoms with Crippen LogP contribution in [0.15, 0.2) is 53.1 Å². The van der Waals surface area contributed by atoms with Crippen molar-refractivity contribution in [2.75, 3.05) is 12.4 Å². The van der Waals surface area contributed by atoms with Gasteiger partial charge in [0, 0.05) is 18.4 Å². The molecule has 3 aromatic rings. The number of amides is 1. The van der Waals surface area contributed by atoms with Gasteiger partial charge in [-0.25, -0.2) is 4.98 Å². The van der Waals surface area contributed by atoms with E-state index in [2.05, 4.69) is 10.3 Å². The highest BCUT2D eigenvalue weighted by molar-refractivity contribution is 5.92. The van der Waals surface area contributed by atoms with E-state index in [1.807, 2.05) is 37.3 Å². The van der Waals surface area contributed by atoms with Crippen LogP contribution < -0.4 is 10.1 Å². The highest BCUT2D eigenvalue weighted by Crippen LogP contribution is 2.25. The number of anilines is 1. The molecule has 0 saturated carbocycles. The number of methoxy groups -OCH3 is 1. The summed E-state index contributed by atoms with van der Waals surface area (Å²) in [7, 11) is 1.61. The molecule has 0 aliphatic carbocycles. The van der Waals surface area contributed by atoms with E-state index < -0.39 is 0 Å². The Kier molecular flexibility index (Phi) is 5.22. The number of carbonyl (C=O) groups is 1. The Hall–Kier alpha value is -3.28. The zero-order valence-corrected chi connectivity index (χ0v) is 14.7. The van der Waals surface area contributed by atoms with Crippen molar-refractivity contribution < 1.29 is 19.1 Å². The number of phenolic OH excluding ortho intramolecular Hbond substituents is 1. The van der Waals surface area contributed by atoms with E-state index >= 15 is 0 Å². The van der Waals surface area contributed by atoms with Gasteiger partial charge in [-0.15, -0.1) is 0 Å². The number of aromatic nitrogens is 1. The number of nitrogens with one attached hydrogen (secondary N) is 1. The van der Waals surface area contributed by atoms with Crippen LogP contribution in [0.25, 0.3) is 11.3 Å². The molecule has 134 valence electrons. The summed E-state index contributed by atoms with van der Waals surface area (Å²) in [5, 5.41) is 12.5. The largest absolute Gasteiger partial charge is 0.506 e. The molecule has 0 radical (unpaired) electrons. The summed E-state index contributed by atoms with van der Waals surface area (Å²) >= 11 is 0. The molecule has 1 heterocycles. The normalized spacial score (nSPS) is 10.5. The van der Waals surface area contributed by atoms with Crippen LogP contribution in [-0.2, 0) is 11.2 Å². The number of phenols is 1. The standard InChI is InChI=1S/C20H20N2O4/c1-13-3-8-16(17(23)11-13)22-19(24)9-10-20-21-12-18(26-20)14-4-6-15(25-2)7-5-14/h3-8,11-12,23H,9-10H2,1-2H3,(H,22,24). The van der Waals surface area contributed by atoms with Crippen molar-refractivity contribution in [3.05, 3.63) is 60.1 Å². The number of benzene rings is 2. The van der Waals surface area contributed by atoms with E-state index in [1.54, 1.807) is 25.4 Å². The minimum Gasteiger partial charge on any atom is -0.506 e. The molecule has 0 unspecified atom stereocenters.